The van der Waals surface area contributed by atoms with E-state index in [1.807, 2.05) is 36.4 Å². The van der Waals surface area contributed by atoms with Crippen molar-refractivity contribution in [2.24, 2.45) is 0 Å². The van der Waals surface area contributed by atoms with Gasteiger partial charge in [0.25, 0.3) is 0 Å². The van der Waals surface area contributed by atoms with Crippen molar-refractivity contribution in [2.45, 2.75) is 108 Å². The molecule has 2 aromatic rings. The van der Waals surface area contributed by atoms with Crippen molar-refractivity contribution < 1.29 is 64.4 Å². The molecule has 0 amide bonds. The fourth-order valence-corrected chi connectivity index (χ4v) is 5.64. The van der Waals surface area contributed by atoms with Crippen LogP contribution in [0.1, 0.15) is 96.0 Å². The molecule has 2 aromatic carbocycles. The average molecular weight is 525 g/mol. The van der Waals surface area contributed by atoms with Gasteiger partial charge in [-0.3, -0.25) is 0 Å². The van der Waals surface area contributed by atoms with Gasteiger partial charge in [0, 0.05) is 6.54 Å². The number of nitrogens with zero attached hydrogens (tertiary/aromatic N) is 1. The van der Waals surface area contributed by atoms with Crippen LogP contribution in [0.5, 0.6) is 0 Å². The molecule has 1 N–H and O–H groups in total. The van der Waals surface area contributed by atoms with Gasteiger partial charge in [-0.05, 0) is 30.5 Å². The number of fused-ring (bicyclic) bond motifs is 1. The average Bonchev–Trinajstić information content (AvgIpc) is 3.17. The summed E-state index contributed by atoms with van der Waals surface area (Å²) in [6, 6.07) is 14.9. The Morgan fingerprint density at radius 3 is 1.94 bits per heavy atom. The summed E-state index contributed by atoms with van der Waals surface area (Å²) >= 11 is 0. The van der Waals surface area contributed by atoms with Crippen molar-refractivity contribution in [3.63, 3.8) is 0 Å². The first-order valence-corrected chi connectivity index (χ1v) is 14.6. The predicted molar refractivity (Wildman–Crippen MR) is 140 cm³/mol. The monoisotopic (exact) mass is 524 g/mol. The smallest absolute Gasteiger partial charge is 0.744 e. The molecule has 3 rings (SSSR count). The Balaban J connectivity index is 0.00000432. The number of rotatable bonds is 16. The van der Waals surface area contributed by atoms with Gasteiger partial charge in [-0.25, -0.2) is 8.42 Å². The Bertz CT molecular complexity index is 969. The van der Waals surface area contributed by atoms with Crippen LogP contribution in [-0.4, -0.2) is 19.1 Å². The molecule has 0 bridgehead atoms. The largest absolute Gasteiger partial charge is 1.00 e. The van der Waals surface area contributed by atoms with E-state index in [4.69, 9.17) is 0 Å². The van der Waals surface area contributed by atoms with Gasteiger partial charge in [-0.1, -0.05) is 114 Å². The van der Waals surface area contributed by atoms with Gasteiger partial charge in [-0.2, -0.15) is 0 Å². The summed E-state index contributed by atoms with van der Waals surface area (Å²) in [5, 5.41) is 3.48. The maximum atomic E-state index is 12.0. The molecule has 0 fully saturated rings. The van der Waals surface area contributed by atoms with E-state index in [-0.39, 0.29) is 62.4 Å². The Kier molecular flexibility index (Phi) is 14.5. The quantitative estimate of drug-likeness (QED) is 0.200. The standard InChI is InChI=1S/C28H42N2O3S.K/c1-2-3-4-5-6-7-8-9-10-11-12-16-22-27-29-25-20-17-21-26(34(31,32)33)28(25)30(27)23-24-18-14-13-15-19-24;/h13-15,17-21,27,29H,2-12,16,22-23H2,1H3,(H,31,32,33);/q;+1/p-1. The fraction of sp³-hybridized carbons (Fsp3) is 0.571. The van der Waals surface area contributed by atoms with Crippen molar-refractivity contribution in [3.05, 3.63) is 54.1 Å². The third kappa shape index (κ3) is 10.1. The summed E-state index contributed by atoms with van der Waals surface area (Å²) < 4.78 is 35.9. The molecular weight excluding hydrogens is 483 g/mol. The van der Waals surface area contributed by atoms with Crippen LogP contribution < -0.4 is 61.6 Å². The second-order valence-electron chi connectivity index (χ2n) is 9.56. The zero-order valence-electron chi connectivity index (χ0n) is 21.7. The third-order valence-electron chi connectivity index (χ3n) is 6.78. The molecule has 0 spiro atoms. The molecule has 0 aromatic heterocycles. The Morgan fingerprint density at radius 2 is 1.37 bits per heavy atom. The number of hydrogen-bond donors (Lipinski definition) is 1. The van der Waals surface area contributed by atoms with Crippen molar-refractivity contribution in [1.82, 2.24) is 0 Å². The zero-order chi connectivity index (χ0) is 24.2. The summed E-state index contributed by atoms with van der Waals surface area (Å²) in [6.45, 7) is 2.83. The van der Waals surface area contributed by atoms with Gasteiger partial charge in [0.05, 0.1) is 22.4 Å². The minimum Gasteiger partial charge on any atom is -0.744 e. The molecule has 1 aliphatic rings. The van der Waals surface area contributed by atoms with Crippen LogP contribution in [0.3, 0.4) is 0 Å². The van der Waals surface area contributed by atoms with Crippen molar-refractivity contribution >= 4 is 21.5 Å². The summed E-state index contributed by atoms with van der Waals surface area (Å²) in [5.41, 5.74) is 2.34. The van der Waals surface area contributed by atoms with Gasteiger partial charge in [-0.15, -0.1) is 0 Å². The molecule has 1 aliphatic heterocycles. The molecule has 0 radical (unpaired) electrons. The first-order valence-electron chi connectivity index (χ1n) is 13.2. The van der Waals surface area contributed by atoms with Gasteiger partial charge in [0.2, 0.25) is 0 Å². The predicted octanol–water partition coefficient (Wildman–Crippen LogP) is 4.44. The first kappa shape index (κ1) is 30.8. The summed E-state index contributed by atoms with van der Waals surface area (Å²) in [4.78, 5) is 1.93. The molecule has 0 saturated heterocycles. The van der Waals surface area contributed by atoms with Crippen LogP contribution in [-0.2, 0) is 16.7 Å². The molecule has 35 heavy (non-hydrogen) atoms. The van der Waals surface area contributed by atoms with E-state index in [9.17, 15) is 13.0 Å². The van der Waals surface area contributed by atoms with E-state index in [0.29, 0.717) is 12.2 Å². The normalized spacial score (nSPS) is 14.9. The van der Waals surface area contributed by atoms with E-state index in [0.717, 1.165) is 24.1 Å². The number of hydrogen-bond acceptors (Lipinski definition) is 5. The van der Waals surface area contributed by atoms with Crippen LogP contribution in [0.25, 0.3) is 0 Å². The molecule has 1 heterocycles. The van der Waals surface area contributed by atoms with Gasteiger partial charge < -0.3 is 14.8 Å². The minimum atomic E-state index is -4.56. The van der Waals surface area contributed by atoms with E-state index in [1.54, 1.807) is 6.07 Å². The third-order valence-corrected chi connectivity index (χ3v) is 7.65. The molecule has 1 unspecified atom stereocenters. The Hall–Kier alpha value is -0.414. The van der Waals surface area contributed by atoms with Crippen molar-refractivity contribution in [1.29, 1.82) is 0 Å². The van der Waals surface area contributed by atoms with Gasteiger partial charge >= 0.3 is 51.4 Å². The van der Waals surface area contributed by atoms with E-state index < -0.39 is 10.1 Å². The molecular formula is C28H41KN2O3S. The van der Waals surface area contributed by atoms with Crippen LogP contribution in [0.2, 0.25) is 0 Å². The number of benzene rings is 2. The van der Waals surface area contributed by atoms with Crippen LogP contribution >= 0.6 is 0 Å². The van der Waals surface area contributed by atoms with Crippen LogP contribution in [0.4, 0.5) is 11.4 Å². The second kappa shape index (κ2) is 16.4. The number of nitrogens with one attached hydrogen (secondary N) is 1. The summed E-state index contributed by atoms with van der Waals surface area (Å²) in [7, 11) is -4.56. The molecule has 0 saturated carbocycles. The molecule has 7 heteroatoms. The Morgan fingerprint density at radius 1 is 0.800 bits per heavy atom. The van der Waals surface area contributed by atoms with Gasteiger partial charge in [0.15, 0.2) is 0 Å². The Labute approximate surface area is 255 Å². The molecule has 1 atom stereocenters. The summed E-state index contributed by atoms with van der Waals surface area (Å²) in [6.07, 6.45) is 16.6. The van der Waals surface area contributed by atoms with E-state index in [1.165, 1.54) is 76.7 Å². The van der Waals surface area contributed by atoms with Gasteiger partial charge in [0.1, 0.15) is 10.1 Å². The number of anilines is 2. The van der Waals surface area contributed by atoms with Crippen LogP contribution in [0, 0.1) is 0 Å². The summed E-state index contributed by atoms with van der Waals surface area (Å²) in [5.74, 6) is 0. The maximum absolute atomic E-state index is 12.0. The zero-order valence-corrected chi connectivity index (χ0v) is 25.6. The SMILES string of the molecule is CCCCCCCCCCCCCCC1Nc2cccc(S(=O)(=O)[O-])c2N1Cc1ccccc1.[K+]. The van der Waals surface area contributed by atoms with Crippen molar-refractivity contribution in [3.8, 4) is 0 Å². The maximum Gasteiger partial charge on any atom is 1.00 e. The minimum absolute atomic E-state index is 0. The van der Waals surface area contributed by atoms with E-state index >= 15 is 0 Å². The fourth-order valence-electron chi connectivity index (χ4n) is 4.93. The van der Waals surface area contributed by atoms with Crippen molar-refractivity contribution in [2.75, 3.05) is 10.2 Å². The number of unbranched alkanes of at least 4 members (excludes halogenated alkanes) is 11. The second-order valence-corrected chi connectivity index (χ2v) is 10.9. The molecule has 0 aliphatic carbocycles. The van der Waals surface area contributed by atoms with Crippen LogP contribution in [0.15, 0.2) is 53.4 Å². The number of para-hydroxylation sites is 1. The first-order chi connectivity index (χ1) is 16.5. The molecule has 188 valence electrons. The topological polar surface area (TPSA) is 72.5 Å². The molecule has 5 nitrogen and oxygen atoms in total. The van der Waals surface area contributed by atoms with E-state index in [2.05, 4.69) is 17.1 Å².